The molecule has 2 fully saturated rings. The number of halogens is 1. The standard InChI is InChI=1S/C20H29ClN2O3/c1-15-12-17(21)2-3-19(15)26-18-6-10-22(11-7-18)13-16-4-8-23(9-5-16)14-20(24)25/h2-3,12,16,18H,4-11,13-14H2,1H3,(H,24,25). The van der Waals surface area contributed by atoms with Crippen LogP contribution in [0.2, 0.25) is 5.02 Å². The summed E-state index contributed by atoms with van der Waals surface area (Å²) in [6, 6.07) is 5.80. The van der Waals surface area contributed by atoms with Gasteiger partial charge in [-0.2, -0.15) is 0 Å². The second kappa shape index (κ2) is 9.07. The number of nitrogens with zero attached hydrogens (tertiary/aromatic N) is 2. The van der Waals surface area contributed by atoms with Crippen LogP contribution < -0.4 is 4.74 Å². The molecule has 0 atom stereocenters. The summed E-state index contributed by atoms with van der Waals surface area (Å²) in [5, 5.41) is 9.63. The van der Waals surface area contributed by atoms with E-state index in [1.807, 2.05) is 30.0 Å². The SMILES string of the molecule is Cc1cc(Cl)ccc1OC1CCN(CC2CCN(CC(=O)O)CC2)CC1. The molecule has 2 saturated heterocycles. The highest BCUT2D eigenvalue weighted by Crippen LogP contribution is 2.26. The zero-order valence-corrected chi connectivity index (χ0v) is 16.2. The van der Waals surface area contributed by atoms with E-state index in [1.165, 1.54) is 0 Å². The Morgan fingerprint density at radius 3 is 2.42 bits per heavy atom. The molecule has 0 radical (unpaired) electrons. The van der Waals surface area contributed by atoms with Crippen LogP contribution in [0.15, 0.2) is 18.2 Å². The summed E-state index contributed by atoms with van der Waals surface area (Å²) in [5.41, 5.74) is 1.09. The van der Waals surface area contributed by atoms with Gasteiger partial charge in [-0.25, -0.2) is 0 Å². The summed E-state index contributed by atoms with van der Waals surface area (Å²) in [5.74, 6) is 0.913. The van der Waals surface area contributed by atoms with Gasteiger partial charge in [0.1, 0.15) is 11.9 Å². The molecule has 2 aliphatic heterocycles. The molecule has 5 nitrogen and oxygen atoms in total. The van der Waals surface area contributed by atoms with Gasteiger partial charge in [-0.1, -0.05) is 11.6 Å². The molecule has 26 heavy (non-hydrogen) atoms. The van der Waals surface area contributed by atoms with Gasteiger partial charge < -0.3 is 14.7 Å². The molecule has 0 bridgehead atoms. The van der Waals surface area contributed by atoms with Gasteiger partial charge in [0.15, 0.2) is 0 Å². The average molecular weight is 381 g/mol. The first kappa shape index (κ1) is 19.5. The van der Waals surface area contributed by atoms with E-state index in [0.717, 1.165) is 74.7 Å². The zero-order chi connectivity index (χ0) is 18.5. The van der Waals surface area contributed by atoms with Crippen LogP contribution in [0.4, 0.5) is 0 Å². The Kier molecular flexibility index (Phi) is 6.79. The van der Waals surface area contributed by atoms with Crippen LogP contribution in [0.1, 0.15) is 31.2 Å². The van der Waals surface area contributed by atoms with Crippen LogP contribution in [0.3, 0.4) is 0 Å². The number of aliphatic carboxylic acids is 1. The normalized spacial score (nSPS) is 21.0. The number of ether oxygens (including phenoxy) is 1. The van der Waals surface area contributed by atoms with Gasteiger partial charge in [0.2, 0.25) is 0 Å². The van der Waals surface area contributed by atoms with Gasteiger partial charge in [0.05, 0.1) is 6.54 Å². The highest BCUT2D eigenvalue weighted by Gasteiger charge is 2.26. The van der Waals surface area contributed by atoms with Crippen LogP contribution >= 0.6 is 11.6 Å². The van der Waals surface area contributed by atoms with Crippen LogP contribution in [0, 0.1) is 12.8 Å². The van der Waals surface area contributed by atoms with E-state index in [-0.39, 0.29) is 12.6 Å². The van der Waals surface area contributed by atoms with Gasteiger partial charge >= 0.3 is 5.97 Å². The first-order valence-corrected chi connectivity index (χ1v) is 9.96. The number of piperidine rings is 2. The van der Waals surface area contributed by atoms with Crippen molar-refractivity contribution in [2.45, 2.75) is 38.7 Å². The minimum Gasteiger partial charge on any atom is -0.490 e. The Hall–Kier alpha value is -1.30. The third kappa shape index (κ3) is 5.60. The predicted molar refractivity (Wildman–Crippen MR) is 103 cm³/mol. The van der Waals surface area contributed by atoms with Crippen molar-refractivity contribution in [2.24, 2.45) is 5.92 Å². The molecule has 0 amide bonds. The molecule has 2 aliphatic rings. The molecule has 1 aromatic rings. The molecule has 0 unspecified atom stereocenters. The van der Waals surface area contributed by atoms with Gasteiger partial charge in [0.25, 0.3) is 0 Å². The molecule has 2 heterocycles. The van der Waals surface area contributed by atoms with Crippen molar-refractivity contribution >= 4 is 17.6 Å². The highest BCUT2D eigenvalue weighted by atomic mass is 35.5. The Balaban J connectivity index is 1.38. The minimum absolute atomic E-state index is 0.180. The fourth-order valence-corrected chi connectivity index (χ4v) is 4.24. The Labute approximate surface area is 160 Å². The summed E-state index contributed by atoms with van der Waals surface area (Å²) in [6.45, 7) is 7.32. The third-order valence-electron chi connectivity index (χ3n) is 5.55. The van der Waals surface area contributed by atoms with E-state index in [4.69, 9.17) is 21.4 Å². The quantitative estimate of drug-likeness (QED) is 0.820. The van der Waals surface area contributed by atoms with E-state index in [0.29, 0.717) is 5.92 Å². The van der Waals surface area contributed by atoms with Crippen LogP contribution in [-0.2, 0) is 4.79 Å². The fourth-order valence-electron chi connectivity index (χ4n) is 4.02. The molecular weight excluding hydrogens is 352 g/mol. The van der Waals surface area contributed by atoms with E-state index < -0.39 is 5.97 Å². The molecule has 1 N–H and O–H groups in total. The molecule has 0 spiro atoms. The maximum atomic E-state index is 10.8. The van der Waals surface area contributed by atoms with Crippen molar-refractivity contribution in [2.75, 3.05) is 39.3 Å². The number of rotatable bonds is 6. The van der Waals surface area contributed by atoms with Gasteiger partial charge in [-0.05, 0) is 75.4 Å². The average Bonchev–Trinajstić information content (AvgIpc) is 2.60. The third-order valence-corrected chi connectivity index (χ3v) is 5.78. The van der Waals surface area contributed by atoms with Crippen LogP contribution in [0.25, 0.3) is 0 Å². The lowest BCUT2D eigenvalue weighted by Crippen LogP contribution is -2.44. The summed E-state index contributed by atoms with van der Waals surface area (Å²) in [4.78, 5) is 15.4. The van der Waals surface area contributed by atoms with Crippen LogP contribution in [-0.4, -0.2) is 66.2 Å². The number of carbonyl (C=O) groups is 1. The molecule has 0 aromatic heterocycles. The van der Waals surface area contributed by atoms with Gasteiger partial charge in [0, 0.05) is 24.7 Å². The van der Waals surface area contributed by atoms with E-state index in [1.54, 1.807) is 0 Å². The smallest absolute Gasteiger partial charge is 0.317 e. The first-order chi connectivity index (χ1) is 12.5. The number of aryl methyl sites for hydroxylation is 1. The largest absolute Gasteiger partial charge is 0.490 e. The number of likely N-dealkylation sites (tertiary alicyclic amines) is 2. The van der Waals surface area contributed by atoms with E-state index in [2.05, 4.69) is 4.90 Å². The number of benzene rings is 1. The molecular formula is C20H29ClN2O3. The molecule has 0 saturated carbocycles. The highest BCUT2D eigenvalue weighted by molar-refractivity contribution is 6.30. The molecule has 144 valence electrons. The van der Waals surface area contributed by atoms with Crippen LogP contribution in [0.5, 0.6) is 5.75 Å². The molecule has 6 heteroatoms. The number of hydrogen-bond acceptors (Lipinski definition) is 4. The maximum absolute atomic E-state index is 10.8. The maximum Gasteiger partial charge on any atom is 0.317 e. The lowest BCUT2D eigenvalue weighted by atomic mass is 9.95. The van der Waals surface area contributed by atoms with Crippen molar-refractivity contribution in [1.82, 2.24) is 9.80 Å². The Morgan fingerprint density at radius 1 is 1.15 bits per heavy atom. The minimum atomic E-state index is -0.721. The predicted octanol–water partition coefficient (Wildman–Crippen LogP) is 3.29. The van der Waals surface area contributed by atoms with Crippen molar-refractivity contribution in [1.29, 1.82) is 0 Å². The summed E-state index contributed by atoms with van der Waals surface area (Å²) >= 11 is 6.01. The van der Waals surface area contributed by atoms with Gasteiger partial charge in [-0.3, -0.25) is 9.69 Å². The molecule has 0 aliphatic carbocycles. The number of carboxylic acid groups (broad SMARTS) is 1. The lowest BCUT2D eigenvalue weighted by molar-refractivity contribution is -0.138. The van der Waals surface area contributed by atoms with Crippen molar-refractivity contribution < 1.29 is 14.6 Å². The number of carboxylic acids is 1. The summed E-state index contributed by atoms with van der Waals surface area (Å²) in [7, 11) is 0. The van der Waals surface area contributed by atoms with Crippen molar-refractivity contribution in [3.63, 3.8) is 0 Å². The summed E-state index contributed by atoms with van der Waals surface area (Å²) in [6.07, 6.45) is 4.60. The van der Waals surface area contributed by atoms with E-state index >= 15 is 0 Å². The first-order valence-electron chi connectivity index (χ1n) is 9.59. The molecule has 1 aromatic carbocycles. The lowest BCUT2D eigenvalue weighted by Gasteiger charge is -2.37. The number of hydrogen-bond donors (Lipinski definition) is 1. The topological polar surface area (TPSA) is 53.0 Å². The summed E-state index contributed by atoms with van der Waals surface area (Å²) < 4.78 is 6.18. The monoisotopic (exact) mass is 380 g/mol. The second-order valence-electron chi connectivity index (χ2n) is 7.64. The van der Waals surface area contributed by atoms with Gasteiger partial charge in [-0.15, -0.1) is 0 Å². The second-order valence-corrected chi connectivity index (χ2v) is 8.08. The van der Waals surface area contributed by atoms with Crippen molar-refractivity contribution in [3.8, 4) is 5.75 Å². The Morgan fingerprint density at radius 2 is 1.81 bits per heavy atom. The Bertz CT molecular complexity index is 609. The zero-order valence-electron chi connectivity index (χ0n) is 15.5. The van der Waals surface area contributed by atoms with Crippen molar-refractivity contribution in [3.05, 3.63) is 28.8 Å². The van der Waals surface area contributed by atoms with E-state index in [9.17, 15) is 4.79 Å². The molecule has 3 rings (SSSR count). The fraction of sp³-hybridized carbons (Fsp3) is 0.650.